The van der Waals surface area contributed by atoms with Gasteiger partial charge in [0, 0.05) is 0 Å². The summed E-state index contributed by atoms with van der Waals surface area (Å²) in [5.41, 5.74) is 0. The van der Waals surface area contributed by atoms with Gasteiger partial charge in [-0.25, -0.2) is 0 Å². The van der Waals surface area contributed by atoms with E-state index in [4.69, 9.17) is 85.9 Å². The van der Waals surface area contributed by atoms with E-state index in [0.29, 0.717) is 0 Å². The van der Waals surface area contributed by atoms with Crippen LogP contribution in [0.3, 0.4) is 0 Å². The normalized spacial score (nSPS) is 11.8. The molecule has 0 saturated heterocycles. The molecule has 0 saturated carbocycles. The minimum atomic E-state index is -6.02. The minimum absolute atomic E-state index is 1.25. The molecule has 0 atom stereocenters. The van der Waals surface area contributed by atoms with Crippen molar-refractivity contribution in [2.75, 3.05) is 27.2 Å². The molecule has 0 aliphatic rings. The molecule has 0 rings (SSSR count). The zero-order valence-corrected chi connectivity index (χ0v) is 52.8. The molecule has 0 aromatic carbocycles. The number of rotatable bonds is 34. The Labute approximate surface area is 433 Å². The Morgan fingerprint density at radius 3 is 0.406 bits per heavy atom. The third kappa shape index (κ3) is 203. The summed E-state index contributed by atoms with van der Waals surface area (Å²) < 4.78 is 208. The third-order valence-electron chi connectivity index (χ3n) is 9.23. The van der Waals surface area contributed by atoms with Crippen molar-refractivity contribution < 1.29 is 191 Å². The molecule has 0 unspecified atom stereocenters. The molecule has 0 bridgehead atoms. The van der Waals surface area contributed by atoms with Crippen LogP contribution in [0.25, 0.3) is 0 Å². The van der Waals surface area contributed by atoms with Crippen molar-refractivity contribution in [1.82, 2.24) is 0 Å². The molecule has 25 nitrogen and oxygen atoms in total. The fourth-order valence-electron chi connectivity index (χ4n) is 6.29. The Kier molecular flexibility index (Phi) is 65.9. The summed E-state index contributed by atoms with van der Waals surface area (Å²) >= 11 is -36.1. The van der Waals surface area contributed by atoms with Gasteiger partial charge in [0.25, 0.3) is 0 Å². The average molecular weight is 1510 g/mol. The molecule has 428 valence electrons. The first-order chi connectivity index (χ1) is 31.1. The van der Waals surface area contributed by atoms with Crippen molar-refractivity contribution in [3.8, 4) is 0 Å². The first-order valence-electron chi connectivity index (χ1n) is 22.9. The van der Waals surface area contributed by atoms with E-state index in [-0.39, 0.29) is 0 Å². The zero-order valence-electron chi connectivity index (χ0n) is 40.7. The predicted molar refractivity (Wildman–Crippen MR) is 189 cm³/mol. The second-order valence-corrected chi connectivity index (χ2v) is 28.5. The molecule has 0 radical (unpaired) electrons. The van der Waals surface area contributed by atoms with Gasteiger partial charge in [-0.1, -0.05) is 194 Å². The Hall–Kier alpha value is 1.21. The van der Waals surface area contributed by atoms with Crippen molar-refractivity contribution in [3.05, 3.63) is 0 Å². The van der Waals surface area contributed by atoms with Crippen LogP contribution >= 0.6 is 0 Å². The molecule has 0 aliphatic heterocycles. The van der Waals surface area contributed by atoms with Crippen molar-refractivity contribution in [2.24, 2.45) is 0 Å². The number of hydrogen-bond acceptors (Lipinski definition) is 24. The van der Waals surface area contributed by atoms with Crippen LogP contribution in [-0.2, 0) is 141 Å². The van der Waals surface area contributed by atoms with Gasteiger partial charge in [-0.05, 0) is 25.7 Å². The van der Waals surface area contributed by atoms with E-state index in [1.807, 2.05) is 0 Å². The second-order valence-electron chi connectivity index (χ2n) is 16.4. The van der Waals surface area contributed by atoms with Crippen LogP contribution in [0.5, 0.6) is 0 Å². The van der Waals surface area contributed by atoms with Crippen LogP contribution in [0.1, 0.15) is 219 Å². The molecule has 31 heteroatoms. The van der Waals surface area contributed by atoms with Crippen LogP contribution in [0, 0.1) is 0 Å². The Morgan fingerprint density at radius 2 is 0.304 bits per heavy atom. The summed E-state index contributed by atoms with van der Waals surface area (Å²) in [5.74, 6) is 0. The first kappa shape index (κ1) is 84.2. The van der Waals surface area contributed by atoms with E-state index < -0.39 is 100 Å². The van der Waals surface area contributed by atoms with Gasteiger partial charge >= 0.3 is 186 Å². The van der Waals surface area contributed by atoms with E-state index in [1.54, 1.807) is 0 Å². The van der Waals surface area contributed by atoms with Crippen LogP contribution in [0.2, 0.25) is 0 Å². The summed E-state index contributed by atoms with van der Waals surface area (Å²) in [5, 5.41) is 0. The van der Waals surface area contributed by atoms with E-state index in [2.05, 4.69) is 27.9 Å². The van der Waals surface area contributed by atoms with Crippen LogP contribution in [0.15, 0.2) is 0 Å². The van der Waals surface area contributed by atoms with Crippen molar-refractivity contribution in [1.29, 1.82) is 0 Å². The van der Waals surface area contributed by atoms with E-state index in [0.717, 1.165) is 0 Å². The molecule has 0 amide bonds. The number of nitrogens with zero attached hydrogens (tertiary/aromatic N) is 1. The summed E-state index contributed by atoms with van der Waals surface area (Å²) in [6, 6.07) is 0. The molecule has 0 aliphatic carbocycles. The van der Waals surface area contributed by atoms with Gasteiger partial charge in [0.05, 0.1) is 27.2 Å². The first-order valence-corrected chi connectivity index (χ1v) is 42.6. The van der Waals surface area contributed by atoms with Gasteiger partial charge < -0.3 is 4.48 Å². The maximum absolute atomic E-state index is 8.63. The summed E-state index contributed by atoms with van der Waals surface area (Å²) in [7, 11) is 4.94. The van der Waals surface area contributed by atoms with E-state index in [9.17, 15) is 0 Å². The van der Waals surface area contributed by atoms with Crippen molar-refractivity contribution in [3.63, 3.8) is 0 Å². The number of hydrogen-bond donors (Lipinski definition) is 0. The third-order valence-corrected chi connectivity index (χ3v) is 9.23. The number of quaternary nitrogens is 1. The van der Waals surface area contributed by atoms with Gasteiger partial charge in [-0.3, -0.25) is 0 Å². The Morgan fingerprint density at radius 1 is 0.217 bits per heavy atom. The van der Waals surface area contributed by atoms with Crippen molar-refractivity contribution >= 4 is 0 Å². The van der Waals surface area contributed by atoms with Gasteiger partial charge in [-0.15, -0.1) is 0 Å². The fourth-order valence-corrected chi connectivity index (χ4v) is 6.29. The standard InChI is InChI=1S/C38H80N.6Mo.24O/c1-5-7-9-11-13-15-17-19-21-23-25-27-29-31-33-35-37-39(3,4)38-36-34-32-30-28-26-24-22-20-18-16-14-12-10-8-6-2;;;;;;;;;;;;;;;;;;;;;;;;;;;;;;/h5-38H2,1-4H3;;;;;;;;;;;;;;;;;;;;;;;;;;;;;;/q+1;;;;;;;;;;;;;;;;;;;12*-1. The van der Waals surface area contributed by atoms with Crippen LogP contribution in [0.4, 0.5) is 0 Å². The number of unbranched alkanes of at least 4 members (excludes halogenated alkanes) is 30. The molecule has 0 aromatic heterocycles. The topological polar surface area (TPSA) is 482 Å². The van der Waals surface area contributed by atoms with E-state index >= 15 is 0 Å². The summed E-state index contributed by atoms with van der Waals surface area (Å²) in [4.78, 5) is 0. The molecule has 69 heavy (non-hydrogen) atoms. The predicted octanol–water partition coefficient (Wildman–Crippen LogP) is -2.12. The van der Waals surface area contributed by atoms with Gasteiger partial charge in [-0.2, -0.15) is 0 Å². The zero-order chi connectivity index (χ0) is 55.5. The maximum atomic E-state index is 8.63. The molecular weight excluding hydrogens is 1430 g/mol. The van der Waals surface area contributed by atoms with Crippen LogP contribution in [-0.4, -0.2) is 31.7 Å². The average Bonchev–Trinajstić information content (AvgIpc) is 3.10. The van der Waals surface area contributed by atoms with Gasteiger partial charge in [0.1, 0.15) is 0 Å². The second kappa shape index (κ2) is 54.0. The molecule has 0 heterocycles. The molecule has 0 aromatic rings. The quantitative estimate of drug-likeness (QED) is 0.0377. The molecule has 0 spiro atoms. The molecule has 0 fully saturated rings. The van der Waals surface area contributed by atoms with Gasteiger partial charge in [0.15, 0.2) is 0 Å². The summed E-state index contributed by atoms with van der Waals surface area (Å²) in [6.07, 6.45) is 46.9. The fraction of sp³-hybridized carbons (Fsp3) is 1.00. The SMILES string of the molecule is CCCCCCCCCCCCCCCCCC[N+](C)(C)CCCCCCCCCCCCCCCCCC.[O]=[Mo](=[O])([O-])[O-].[O]=[Mo](=[O])([O-])[O-].[O]=[Mo](=[O])([O-])[O-].[O]=[Mo](=[O])([O-])[O-].[O]=[Mo](=[O])([O-])[O-].[O]=[Mo](=[O])([O-])[O-]. The monoisotopic (exact) mass is 1520 g/mol. The Bertz CT molecular complexity index is 1440. The van der Waals surface area contributed by atoms with Crippen molar-refractivity contribution in [2.45, 2.75) is 219 Å². The van der Waals surface area contributed by atoms with Gasteiger partial charge in [0.2, 0.25) is 0 Å². The molecule has 0 N–H and O–H groups in total. The van der Waals surface area contributed by atoms with Crippen LogP contribution < -0.4 is 45.1 Å². The van der Waals surface area contributed by atoms with E-state index in [1.165, 1.54) is 223 Å². The molecular formula is C38H80Mo6NO24-11. The Balaban J connectivity index is -0.000000204. The summed E-state index contributed by atoms with van der Waals surface area (Å²) in [6.45, 7) is 7.39.